The molecule has 0 unspecified atom stereocenters. The summed E-state index contributed by atoms with van der Waals surface area (Å²) in [5.74, 6) is -0.152. The van der Waals surface area contributed by atoms with E-state index in [-0.39, 0.29) is 35.0 Å². The van der Waals surface area contributed by atoms with Crippen molar-refractivity contribution in [3.05, 3.63) is 107 Å². The Balaban J connectivity index is 1.29. The zero-order valence-corrected chi connectivity index (χ0v) is 26.9. The van der Waals surface area contributed by atoms with Crippen molar-refractivity contribution in [1.29, 1.82) is 5.26 Å². The minimum Gasteiger partial charge on any atom is -0.454 e. The third-order valence-corrected chi connectivity index (χ3v) is 10.7. The van der Waals surface area contributed by atoms with E-state index in [0.29, 0.717) is 47.0 Å². The second kappa shape index (κ2) is 12.6. The smallest absolute Gasteiger partial charge is 0.271 e. The first-order valence-electron chi connectivity index (χ1n) is 15.6. The Morgan fingerprint density at radius 2 is 1.65 bits per heavy atom. The van der Waals surface area contributed by atoms with Gasteiger partial charge in [-0.05, 0) is 73.4 Å². The lowest BCUT2D eigenvalue weighted by Crippen LogP contribution is -2.42. The molecule has 2 amide bonds. The Labute approximate surface area is 278 Å². The van der Waals surface area contributed by atoms with Crippen molar-refractivity contribution >= 4 is 27.9 Å². The highest BCUT2D eigenvalue weighted by Gasteiger charge is 2.36. The summed E-state index contributed by atoms with van der Waals surface area (Å²) < 4.78 is 40.7. The molecule has 0 saturated carbocycles. The molecule has 1 saturated heterocycles. The minimum atomic E-state index is -3.63. The highest BCUT2D eigenvalue weighted by atomic mass is 32.2. The summed E-state index contributed by atoms with van der Waals surface area (Å²) in [5, 5.41) is 14.8. The van der Waals surface area contributed by atoms with Gasteiger partial charge in [-0.3, -0.25) is 14.5 Å². The molecule has 11 nitrogen and oxygen atoms in total. The van der Waals surface area contributed by atoms with Gasteiger partial charge in [-0.1, -0.05) is 42.8 Å². The number of nitriles is 1. The molecule has 3 aliphatic rings. The van der Waals surface area contributed by atoms with E-state index in [1.165, 1.54) is 4.31 Å². The molecule has 7 rings (SSSR count). The number of carbonyl (C=O) groups is 2. The molecule has 3 aromatic carbocycles. The number of hydrogen-bond donors (Lipinski definition) is 0. The number of ether oxygens (including phenoxy) is 2. The van der Waals surface area contributed by atoms with Gasteiger partial charge in [-0.15, -0.1) is 0 Å². The van der Waals surface area contributed by atoms with E-state index in [4.69, 9.17) is 14.6 Å². The standard InChI is InChI=1S/C36H31N5O6S/c1-24-30(35(42)40(36(43)31(24)20-37)21-25-10-15-32-33(18-25)47-23-46-32)19-27-22-41(28-8-4-2-5-9-28)38-34(27)26-11-13-29(14-12-26)48(44,45)39-16-6-3-7-17-39/h2,4-5,8-15,18-19,22H,3,6-7,16-17,21,23H2,1H3/b30-19+. The maximum atomic E-state index is 14.0. The molecule has 0 spiro atoms. The highest BCUT2D eigenvalue weighted by Crippen LogP contribution is 2.35. The number of sulfonamides is 1. The first-order chi connectivity index (χ1) is 23.2. The molecular weight excluding hydrogens is 630 g/mol. The number of rotatable bonds is 7. The maximum Gasteiger partial charge on any atom is 0.271 e. The average molecular weight is 662 g/mol. The molecule has 12 heteroatoms. The Hall–Kier alpha value is -5.51. The van der Waals surface area contributed by atoms with Crippen LogP contribution in [-0.2, 0) is 26.2 Å². The van der Waals surface area contributed by atoms with Gasteiger partial charge in [-0.25, -0.2) is 13.1 Å². The largest absolute Gasteiger partial charge is 0.454 e. The highest BCUT2D eigenvalue weighted by molar-refractivity contribution is 7.89. The fourth-order valence-electron chi connectivity index (χ4n) is 6.12. The van der Waals surface area contributed by atoms with E-state index in [2.05, 4.69) is 0 Å². The second-order valence-corrected chi connectivity index (χ2v) is 13.7. The van der Waals surface area contributed by atoms with Crippen molar-refractivity contribution in [2.24, 2.45) is 0 Å². The molecule has 1 fully saturated rings. The van der Waals surface area contributed by atoms with Crippen LogP contribution in [0.15, 0.2) is 101 Å². The fraction of sp³-hybridized carbons (Fsp3) is 0.222. The van der Waals surface area contributed by atoms with Gasteiger partial charge in [0.05, 0.1) is 22.8 Å². The van der Waals surface area contributed by atoms with Crippen LogP contribution in [0.3, 0.4) is 0 Å². The van der Waals surface area contributed by atoms with Crippen molar-refractivity contribution in [3.63, 3.8) is 0 Å². The third-order valence-electron chi connectivity index (χ3n) is 8.75. The molecular formula is C36H31N5O6S. The summed E-state index contributed by atoms with van der Waals surface area (Å²) in [6.45, 7) is 2.60. The van der Waals surface area contributed by atoms with Crippen LogP contribution in [0.4, 0.5) is 0 Å². The summed E-state index contributed by atoms with van der Waals surface area (Å²) in [5.41, 5.74) is 3.37. The normalized spacial score (nSPS) is 17.7. The number of para-hydroxylation sites is 1. The summed E-state index contributed by atoms with van der Waals surface area (Å²) in [4.78, 5) is 28.7. The van der Waals surface area contributed by atoms with Crippen LogP contribution in [0.2, 0.25) is 0 Å². The van der Waals surface area contributed by atoms with Crippen LogP contribution in [0.1, 0.15) is 37.3 Å². The topological polar surface area (TPSA) is 135 Å². The molecule has 48 heavy (non-hydrogen) atoms. The minimum absolute atomic E-state index is 0.0762. The quantitative estimate of drug-likeness (QED) is 0.194. The molecule has 4 aromatic rings. The van der Waals surface area contributed by atoms with Crippen molar-refractivity contribution in [1.82, 2.24) is 19.0 Å². The number of imide groups is 1. The molecule has 0 bridgehead atoms. The van der Waals surface area contributed by atoms with Crippen LogP contribution < -0.4 is 9.47 Å². The van der Waals surface area contributed by atoms with Gasteiger partial charge in [0.15, 0.2) is 11.5 Å². The number of benzene rings is 3. The first kappa shape index (κ1) is 31.1. The molecule has 0 aliphatic carbocycles. The van der Waals surface area contributed by atoms with E-state index >= 15 is 0 Å². The fourth-order valence-corrected chi connectivity index (χ4v) is 7.64. The van der Waals surface area contributed by atoms with E-state index in [0.717, 1.165) is 29.8 Å². The number of piperidine rings is 1. The Morgan fingerprint density at radius 1 is 0.917 bits per heavy atom. The summed E-state index contributed by atoms with van der Waals surface area (Å²) >= 11 is 0. The van der Waals surface area contributed by atoms with Gasteiger partial charge in [0.25, 0.3) is 11.8 Å². The Bertz CT molecular complexity index is 2140. The molecule has 0 atom stereocenters. The average Bonchev–Trinajstić information content (AvgIpc) is 3.77. The SMILES string of the molecule is CC1=C(C#N)C(=O)N(Cc2ccc3c(c2)OCO3)C(=O)/C1=C/c1cn(-c2ccccc2)nc1-c1ccc(S(=O)(=O)N2CCCCC2)cc1. The molecule has 4 heterocycles. The molecule has 1 aromatic heterocycles. The van der Waals surface area contributed by atoms with Gasteiger partial charge >= 0.3 is 0 Å². The number of carbonyl (C=O) groups excluding carboxylic acids is 2. The second-order valence-electron chi connectivity index (χ2n) is 11.8. The van der Waals surface area contributed by atoms with Gasteiger partial charge in [0, 0.05) is 36.0 Å². The number of fused-ring (bicyclic) bond motifs is 1. The van der Waals surface area contributed by atoms with E-state index in [9.17, 15) is 23.3 Å². The van der Waals surface area contributed by atoms with Gasteiger partial charge < -0.3 is 9.47 Å². The lowest BCUT2D eigenvalue weighted by molar-refractivity contribution is -0.141. The monoisotopic (exact) mass is 661 g/mol. The van der Waals surface area contributed by atoms with Crippen LogP contribution in [0.5, 0.6) is 11.5 Å². The van der Waals surface area contributed by atoms with Crippen molar-refractivity contribution < 1.29 is 27.5 Å². The zero-order valence-electron chi connectivity index (χ0n) is 26.1. The van der Waals surface area contributed by atoms with Crippen LogP contribution in [0.25, 0.3) is 23.0 Å². The molecule has 0 radical (unpaired) electrons. The van der Waals surface area contributed by atoms with Gasteiger partial charge in [-0.2, -0.15) is 14.7 Å². The summed E-state index contributed by atoms with van der Waals surface area (Å²) in [7, 11) is -3.63. The molecule has 0 N–H and O–H groups in total. The van der Waals surface area contributed by atoms with Crippen molar-refractivity contribution in [3.8, 4) is 34.5 Å². The first-order valence-corrected chi connectivity index (χ1v) is 17.0. The van der Waals surface area contributed by atoms with E-state index in [1.54, 1.807) is 66.3 Å². The Morgan fingerprint density at radius 3 is 2.38 bits per heavy atom. The predicted octanol–water partition coefficient (Wildman–Crippen LogP) is 5.24. The lowest BCUT2D eigenvalue weighted by atomic mass is 9.93. The molecule has 3 aliphatic heterocycles. The van der Waals surface area contributed by atoms with E-state index < -0.39 is 21.8 Å². The number of hydrogen-bond acceptors (Lipinski definition) is 8. The van der Waals surface area contributed by atoms with Crippen LogP contribution in [0, 0.1) is 11.3 Å². The summed E-state index contributed by atoms with van der Waals surface area (Å²) in [6.07, 6.45) is 6.10. The van der Waals surface area contributed by atoms with Crippen LogP contribution in [-0.4, -0.2) is 59.1 Å². The number of aromatic nitrogens is 2. The van der Waals surface area contributed by atoms with Crippen LogP contribution >= 0.6 is 0 Å². The lowest BCUT2D eigenvalue weighted by Gasteiger charge is -2.27. The van der Waals surface area contributed by atoms with Gasteiger partial charge in [0.2, 0.25) is 16.8 Å². The van der Waals surface area contributed by atoms with Crippen molar-refractivity contribution in [2.45, 2.75) is 37.6 Å². The summed E-state index contributed by atoms with van der Waals surface area (Å²) in [6, 6.07) is 23.2. The molecule has 242 valence electrons. The number of amides is 2. The predicted molar refractivity (Wildman–Crippen MR) is 176 cm³/mol. The maximum absolute atomic E-state index is 14.0. The van der Waals surface area contributed by atoms with Crippen molar-refractivity contribution in [2.75, 3.05) is 19.9 Å². The third kappa shape index (κ3) is 5.67. The van der Waals surface area contributed by atoms with E-state index in [1.807, 2.05) is 36.4 Å². The zero-order chi connectivity index (χ0) is 33.4. The Kier molecular flexibility index (Phi) is 8.16. The number of nitrogens with zero attached hydrogens (tertiary/aromatic N) is 5. The van der Waals surface area contributed by atoms with Gasteiger partial charge in [0.1, 0.15) is 11.6 Å².